The quantitative estimate of drug-likeness (QED) is 0.257. The molecule has 0 bridgehead atoms. The van der Waals surface area contributed by atoms with Gasteiger partial charge in [0.25, 0.3) is 0 Å². The Morgan fingerprint density at radius 1 is 0.862 bits per heavy atom. The van der Waals surface area contributed by atoms with E-state index in [-0.39, 0.29) is 6.42 Å². The van der Waals surface area contributed by atoms with Crippen LogP contribution in [0.15, 0.2) is 30.3 Å². The van der Waals surface area contributed by atoms with Crippen molar-refractivity contribution in [1.82, 2.24) is 0 Å². The summed E-state index contributed by atoms with van der Waals surface area (Å²) in [6, 6.07) is 10.4. The van der Waals surface area contributed by atoms with Crippen molar-refractivity contribution in [3.05, 3.63) is 35.9 Å². The summed E-state index contributed by atoms with van der Waals surface area (Å²) in [4.78, 5) is 10.5. The molecule has 4 nitrogen and oxygen atoms in total. The van der Waals surface area contributed by atoms with Gasteiger partial charge < -0.3 is 14.9 Å². The minimum atomic E-state index is -0.922. The fraction of sp³-hybridized carbons (Fsp3) is 0.720. The summed E-state index contributed by atoms with van der Waals surface area (Å²) >= 11 is 0. The predicted octanol–water partition coefficient (Wildman–Crippen LogP) is 6.50. The lowest BCUT2D eigenvalue weighted by atomic mass is 10.0. The van der Waals surface area contributed by atoms with Gasteiger partial charge in [-0.3, -0.25) is 4.79 Å². The van der Waals surface area contributed by atoms with Gasteiger partial charge in [-0.1, -0.05) is 101 Å². The Hall–Kier alpha value is -1.39. The number of rotatable bonds is 19. The molecule has 0 amide bonds. The normalized spacial score (nSPS) is 13.3. The molecule has 0 saturated carbocycles. The van der Waals surface area contributed by atoms with Gasteiger partial charge in [-0.15, -0.1) is 0 Å². The van der Waals surface area contributed by atoms with Gasteiger partial charge in [0, 0.05) is 0 Å². The molecule has 0 aliphatic rings. The third-order valence-electron chi connectivity index (χ3n) is 5.43. The largest absolute Gasteiger partial charge is 0.481 e. The lowest BCUT2D eigenvalue weighted by Crippen LogP contribution is -2.13. The highest BCUT2D eigenvalue weighted by molar-refractivity contribution is 5.67. The molecular weight excluding hydrogens is 364 g/mol. The van der Waals surface area contributed by atoms with Gasteiger partial charge in [-0.25, -0.2) is 0 Å². The molecule has 2 N–H and O–H groups in total. The Labute approximate surface area is 177 Å². The first-order valence-corrected chi connectivity index (χ1v) is 11.7. The van der Waals surface area contributed by atoms with Crippen molar-refractivity contribution in [2.45, 2.75) is 116 Å². The fourth-order valence-corrected chi connectivity index (χ4v) is 3.66. The molecule has 0 radical (unpaired) electrons. The van der Waals surface area contributed by atoms with Gasteiger partial charge in [0.2, 0.25) is 0 Å². The highest BCUT2D eigenvalue weighted by Gasteiger charge is 2.10. The number of ether oxygens (including phenoxy) is 1. The third-order valence-corrected chi connectivity index (χ3v) is 5.43. The fourth-order valence-electron chi connectivity index (χ4n) is 3.66. The number of hydrogen-bond acceptors (Lipinski definition) is 3. The smallest absolute Gasteiger partial charge is 0.305 e. The molecule has 0 saturated heterocycles. The van der Waals surface area contributed by atoms with Crippen LogP contribution in [0.1, 0.15) is 102 Å². The van der Waals surface area contributed by atoms with Crippen LogP contribution in [-0.4, -0.2) is 28.4 Å². The molecule has 1 aromatic rings. The maximum Gasteiger partial charge on any atom is 0.305 e. The number of benzene rings is 1. The zero-order chi connectivity index (χ0) is 21.2. The number of aliphatic hydroxyl groups excluding tert-OH is 1. The summed E-state index contributed by atoms with van der Waals surface area (Å²) in [6.45, 7) is 2.95. The first kappa shape index (κ1) is 25.6. The monoisotopic (exact) mass is 406 g/mol. The molecule has 29 heavy (non-hydrogen) atoms. The number of carboxylic acid groups (broad SMARTS) is 1. The second-order valence-corrected chi connectivity index (χ2v) is 8.22. The highest BCUT2D eigenvalue weighted by Crippen LogP contribution is 2.18. The molecule has 1 rings (SSSR count). The van der Waals surface area contributed by atoms with Crippen LogP contribution in [0.2, 0.25) is 0 Å². The molecule has 4 heteroatoms. The van der Waals surface area contributed by atoms with Gasteiger partial charge >= 0.3 is 5.97 Å². The molecular formula is C25H42O4. The van der Waals surface area contributed by atoms with Crippen LogP contribution in [0.4, 0.5) is 0 Å². The van der Waals surface area contributed by atoms with Crippen LogP contribution in [0, 0.1) is 0 Å². The van der Waals surface area contributed by atoms with E-state index in [1.165, 1.54) is 50.5 Å². The van der Waals surface area contributed by atoms with E-state index in [0.717, 1.165) is 32.1 Å². The minimum absolute atomic E-state index is 0.140. The second kappa shape index (κ2) is 17.5. The Bertz CT molecular complexity index is 503. The molecule has 2 atom stereocenters. The van der Waals surface area contributed by atoms with Gasteiger partial charge in [0.05, 0.1) is 25.2 Å². The summed E-state index contributed by atoms with van der Waals surface area (Å²) in [5.41, 5.74) is 1.24. The number of aliphatic hydroxyl groups is 1. The molecule has 166 valence electrons. The van der Waals surface area contributed by atoms with E-state index in [2.05, 4.69) is 31.2 Å². The maximum atomic E-state index is 10.5. The van der Waals surface area contributed by atoms with Crippen LogP contribution in [-0.2, 0) is 16.1 Å². The van der Waals surface area contributed by atoms with E-state index in [9.17, 15) is 9.90 Å². The van der Waals surface area contributed by atoms with E-state index < -0.39 is 12.1 Å². The van der Waals surface area contributed by atoms with Gasteiger partial charge in [0.15, 0.2) is 0 Å². The van der Waals surface area contributed by atoms with Crippen LogP contribution >= 0.6 is 0 Å². The third kappa shape index (κ3) is 15.2. The first-order valence-electron chi connectivity index (χ1n) is 11.7. The summed E-state index contributed by atoms with van der Waals surface area (Å²) in [5.74, 6) is -0.922. The van der Waals surface area contributed by atoms with Crippen LogP contribution in [0.3, 0.4) is 0 Å². The number of unbranched alkanes of at least 4 members (excludes halogenated alkanes) is 8. The summed E-state index contributed by atoms with van der Waals surface area (Å²) < 4.78 is 6.24. The number of aliphatic carboxylic acids is 1. The SMILES string of the molecule is CCCCCCCC(CCCCCCCC(O)CC(=O)O)OCc1ccccc1. The Balaban J connectivity index is 2.19. The van der Waals surface area contributed by atoms with Gasteiger partial charge in [-0.2, -0.15) is 0 Å². The van der Waals surface area contributed by atoms with Crippen molar-refractivity contribution >= 4 is 5.97 Å². The number of hydrogen-bond donors (Lipinski definition) is 2. The highest BCUT2D eigenvalue weighted by atomic mass is 16.5. The van der Waals surface area contributed by atoms with E-state index in [1.54, 1.807) is 0 Å². The van der Waals surface area contributed by atoms with Crippen molar-refractivity contribution in [3.8, 4) is 0 Å². The van der Waals surface area contributed by atoms with Crippen LogP contribution in [0.25, 0.3) is 0 Å². The zero-order valence-electron chi connectivity index (χ0n) is 18.4. The van der Waals surface area contributed by atoms with Crippen molar-refractivity contribution < 1.29 is 19.7 Å². The van der Waals surface area contributed by atoms with Crippen molar-refractivity contribution in [1.29, 1.82) is 0 Å². The van der Waals surface area contributed by atoms with E-state index in [0.29, 0.717) is 19.1 Å². The molecule has 0 spiro atoms. The Morgan fingerprint density at radius 2 is 1.41 bits per heavy atom. The Morgan fingerprint density at radius 3 is 2.00 bits per heavy atom. The summed E-state index contributed by atoms with van der Waals surface area (Å²) in [7, 11) is 0. The van der Waals surface area contributed by atoms with Gasteiger partial charge in [-0.05, 0) is 24.8 Å². The van der Waals surface area contributed by atoms with Crippen molar-refractivity contribution in [2.24, 2.45) is 0 Å². The zero-order valence-corrected chi connectivity index (χ0v) is 18.4. The molecule has 0 aliphatic carbocycles. The molecule has 0 aliphatic heterocycles. The Kier molecular flexibility index (Phi) is 15.4. The first-order chi connectivity index (χ1) is 14.1. The predicted molar refractivity (Wildman–Crippen MR) is 119 cm³/mol. The van der Waals surface area contributed by atoms with Crippen molar-refractivity contribution in [2.75, 3.05) is 0 Å². The summed E-state index contributed by atoms with van der Waals surface area (Å²) in [6.07, 6.45) is 14.3. The van der Waals surface area contributed by atoms with Gasteiger partial charge in [0.1, 0.15) is 0 Å². The van der Waals surface area contributed by atoms with E-state index in [1.807, 2.05) is 6.07 Å². The molecule has 0 aromatic heterocycles. The minimum Gasteiger partial charge on any atom is -0.481 e. The molecule has 2 unspecified atom stereocenters. The number of carbonyl (C=O) groups is 1. The summed E-state index contributed by atoms with van der Waals surface area (Å²) in [5, 5.41) is 18.2. The average Bonchev–Trinajstić information content (AvgIpc) is 2.70. The standard InChI is InChI=1S/C25H42O4/c1-2-3-4-6-13-18-24(29-21-22-15-10-9-11-16-22)19-14-8-5-7-12-17-23(26)20-25(27)28/h9-11,15-16,23-24,26H,2-8,12-14,17-21H2,1H3,(H,27,28). The molecule has 0 fully saturated rings. The van der Waals surface area contributed by atoms with Crippen LogP contribution < -0.4 is 0 Å². The maximum absolute atomic E-state index is 10.5. The van der Waals surface area contributed by atoms with Crippen molar-refractivity contribution in [3.63, 3.8) is 0 Å². The van der Waals surface area contributed by atoms with E-state index in [4.69, 9.17) is 9.84 Å². The van der Waals surface area contributed by atoms with Crippen LogP contribution in [0.5, 0.6) is 0 Å². The number of carboxylic acids is 1. The topological polar surface area (TPSA) is 66.8 Å². The molecule has 1 aromatic carbocycles. The lowest BCUT2D eigenvalue weighted by Gasteiger charge is -2.18. The van der Waals surface area contributed by atoms with E-state index >= 15 is 0 Å². The molecule has 0 heterocycles. The lowest BCUT2D eigenvalue weighted by molar-refractivity contribution is -0.139. The second-order valence-electron chi connectivity index (χ2n) is 8.22. The average molecular weight is 407 g/mol.